The molecule has 3 rings (SSSR count). The fraction of sp³-hybridized carbons (Fsp3) is 0.464. The minimum absolute atomic E-state index is 0.0898. The van der Waals surface area contributed by atoms with Crippen LogP contribution in [0.5, 0.6) is 0 Å². The first-order chi connectivity index (χ1) is 15.9. The van der Waals surface area contributed by atoms with Gasteiger partial charge in [0.25, 0.3) is 5.91 Å². The van der Waals surface area contributed by atoms with Crippen LogP contribution in [-0.4, -0.2) is 28.9 Å². The predicted molar refractivity (Wildman–Crippen MR) is 130 cm³/mol. The molecule has 174 valence electrons. The third kappa shape index (κ3) is 5.17. The monoisotopic (exact) mass is 446 g/mol. The highest BCUT2D eigenvalue weighted by Crippen LogP contribution is 2.37. The Bertz CT molecular complexity index is 983. The molecule has 2 N–H and O–H groups in total. The van der Waals surface area contributed by atoms with Gasteiger partial charge in [0.2, 0.25) is 0 Å². The summed E-state index contributed by atoms with van der Waals surface area (Å²) >= 11 is 0. The third-order valence-electron chi connectivity index (χ3n) is 7.45. The summed E-state index contributed by atoms with van der Waals surface area (Å²) in [5.41, 5.74) is 7.27. The lowest BCUT2D eigenvalue weighted by atomic mass is 9.69. The summed E-state index contributed by atoms with van der Waals surface area (Å²) in [6.45, 7) is 5.33. The first-order valence-corrected chi connectivity index (χ1v) is 12.1. The number of benzene rings is 2. The molecule has 1 saturated heterocycles. The second kappa shape index (κ2) is 10.8. The van der Waals surface area contributed by atoms with Crippen LogP contribution < -0.4 is 5.73 Å². The Morgan fingerprint density at radius 1 is 1.09 bits per heavy atom. The van der Waals surface area contributed by atoms with E-state index >= 15 is 0 Å². The lowest BCUT2D eigenvalue weighted by Crippen LogP contribution is -2.59. The van der Waals surface area contributed by atoms with Gasteiger partial charge in [-0.2, -0.15) is 5.26 Å². The number of nitrogens with zero attached hydrogens (tertiary/aromatic N) is 2. The molecule has 0 saturated carbocycles. The molecule has 1 aliphatic rings. The van der Waals surface area contributed by atoms with Gasteiger partial charge >= 0.3 is 5.91 Å². The van der Waals surface area contributed by atoms with Gasteiger partial charge in [0, 0.05) is 18.4 Å². The quantitative estimate of drug-likeness (QED) is 0.418. The molecule has 5 heteroatoms. The number of likely N-dealkylation sites (tertiary alicyclic amines) is 1. The van der Waals surface area contributed by atoms with Crippen molar-refractivity contribution in [3.63, 3.8) is 0 Å². The van der Waals surface area contributed by atoms with Crippen LogP contribution in [0, 0.1) is 17.2 Å². The average molecular weight is 447 g/mol. The molecule has 1 unspecified atom stereocenters. The molecule has 2 amide bonds. The maximum absolute atomic E-state index is 13.6. The molecule has 0 bridgehead atoms. The number of amides is 2. The summed E-state index contributed by atoms with van der Waals surface area (Å²) in [4.78, 5) is 25.8. The lowest BCUT2D eigenvalue weighted by molar-refractivity contribution is -0.871. The number of hydrogen-bond acceptors (Lipinski definition) is 3. The second-order valence-electron chi connectivity index (χ2n) is 9.67. The Labute approximate surface area is 197 Å². The molecule has 0 spiro atoms. The van der Waals surface area contributed by atoms with Gasteiger partial charge < -0.3 is 5.73 Å². The minimum atomic E-state index is -0.565. The molecule has 0 radical (unpaired) electrons. The van der Waals surface area contributed by atoms with Crippen molar-refractivity contribution in [2.75, 3.05) is 6.54 Å². The van der Waals surface area contributed by atoms with Crippen molar-refractivity contribution in [2.45, 2.75) is 70.4 Å². The Morgan fingerprint density at radius 2 is 1.73 bits per heavy atom. The molecule has 2 aromatic carbocycles. The van der Waals surface area contributed by atoms with Crippen molar-refractivity contribution < 1.29 is 14.1 Å². The smallest absolute Gasteiger partial charge is 0.314 e. The first kappa shape index (κ1) is 24.7. The molecule has 1 aliphatic heterocycles. The molecule has 3 atom stereocenters. The van der Waals surface area contributed by atoms with Crippen molar-refractivity contribution in [2.24, 2.45) is 11.7 Å². The number of quaternary nitrogens is 1. The Morgan fingerprint density at radius 3 is 2.30 bits per heavy atom. The zero-order valence-corrected chi connectivity index (χ0v) is 19.9. The van der Waals surface area contributed by atoms with Gasteiger partial charge in [-0.05, 0) is 24.3 Å². The highest BCUT2D eigenvalue weighted by molar-refractivity contribution is 5.82. The van der Waals surface area contributed by atoms with E-state index in [1.807, 2.05) is 60.7 Å². The van der Waals surface area contributed by atoms with E-state index in [2.05, 4.69) is 19.9 Å². The van der Waals surface area contributed by atoms with Crippen LogP contribution in [0.25, 0.3) is 0 Å². The van der Waals surface area contributed by atoms with Crippen LogP contribution in [-0.2, 0) is 21.5 Å². The minimum Gasteiger partial charge on any atom is -0.364 e. The van der Waals surface area contributed by atoms with E-state index in [1.54, 1.807) is 0 Å². The molecule has 0 aliphatic carbocycles. The van der Waals surface area contributed by atoms with Gasteiger partial charge in [-0.3, -0.25) is 4.79 Å². The molecular formula is C28H36N3O2+. The van der Waals surface area contributed by atoms with Gasteiger partial charge in [-0.1, -0.05) is 80.9 Å². The van der Waals surface area contributed by atoms with Crippen LogP contribution in [0.15, 0.2) is 60.7 Å². The number of rotatable bonds is 10. The predicted octanol–water partition coefficient (Wildman–Crippen LogP) is 4.86. The third-order valence-corrected chi connectivity index (χ3v) is 7.45. The van der Waals surface area contributed by atoms with E-state index < -0.39 is 11.5 Å². The van der Waals surface area contributed by atoms with Crippen LogP contribution in [0.3, 0.4) is 0 Å². The van der Waals surface area contributed by atoms with Gasteiger partial charge in [-0.25, -0.2) is 9.28 Å². The zero-order chi connectivity index (χ0) is 23.9. The van der Waals surface area contributed by atoms with Crippen LogP contribution in [0.1, 0.15) is 63.5 Å². The van der Waals surface area contributed by atoms with Gasteiger partial charge in [0.05, 0.1) is 24.4 Å². The van der Waals surface area contributed by atoms with Crippen LogP contribution in [0.4, 0.5) is 0 Å². The number of carbonyl (C=O) groups excluding carboxylic acids is 2. The lowest BCUT2D eigenvalue weighted by Gasteiger charge is -2.36. The second-order valence-corrected chi connectivity index (χ2v) is 9.67. The number of nitrogens with two attached hydrogens (primary N) is 1. The van der Waals surface area contributed by atoms with Crippen molar-refractivity contribution in [3.8, 4) is 6.07 Å². The van der Waals surface area contributed by atoms with Gasteiger partial charge in [0.1, 0.15) is 6.54 Å². The Kier molecular flexibility index (Phi) is 8.05. The highest BCUT2D eigenvalue weighted by Gasteiger charge is 2.50. The zero-order valence-electron chi connectivity index (χ0n) is 19.9. The summed E-state index contributed by atoms with van der Waals surface area (Å²) in [6.07, 6.45) is 4.06. The maximum Gasteiger partial charge on any atom is 0.314 e. The molecule has 1 fully saturated rings. The normalized spacial score (nSPS) is 21.9. The van der Waals surface area contributed by atoms with Crippen LogP contribution in [0.2, 0.25) is 0 Å². The molecule has 33 heavy (non-hydrogen) atoms. The maximum atomic E-state index is 13.6. The van der Waals surface area contributed by atoms with Gasteiger partial charge in [0.15, 0.2) is 6.04 Å². The summed E-state index contributed by atoms with van der Waals surface area (Å²) in [7, 11) is 0. The number of hydrogen-bond donors (Lipinski definition) is 1. The number of unbranched alkanes of at least 4 members (excludes halogenated alkanes) is 1. The largest absolute Gasteiger partial charge is 0.364 e. The summed E-state index contributed by atoms with van der Waals surface area (Å²) in [6, 6.07) is 22.0. The molecule has 2 aromatic rings. The fourth-order valence-electron chi connectivity index (χ4n) is 5.49. The molecular weight excluding hydrogens is 410 g/mol. The number of carbonyl (C=O) groups is 2. The first-order valence-electron chi connectivity index (χ1n) is 12.1. The van der Waals surface area contributed by atoms with Crippen molar-refractivity contribution in [1.82, 2.24) is 0 Å². The number of primary amides is 1. The highest BCUT2D eigenvalue weighted by atomic mass is 16.2. The van der Waals surface area contributed by atoms with Crippen LogP contribution >= 0.6 is 0 Å². The summed E-state index contributed by atoms with van der Waals surface area (Å²) in [5.74, 6) is -0.133. The van der Waals surface area contributed by atoms with Gasteiger partial charge in [-0.15, -0.1) is 0 Å². The molecule has 5 nitrogen and oxygen atoms in total. The fourth-order valence-corrected chi connectivity index (χ4v) is 5.49. The summed E-state index contributed by atoms with van der Waals surface area (Å²) < 4.78 is 0.131. The Balaban J connectivity index is 1.72. The van der Waals surface area contributed by atoms with E-state index in [4.69, 9.17) is 5.73 Å². The standard InChI is InChI=1S/C28H35N3O2/c1-22(2)28(21-29,24-14-7-4-8-15-24)18-10-9-17-26(32)31(19-11-16-25(31)27(30)33)20-23-12-5-3-6-13-23/h3-8,12-15,22,25H,9-11,16-20H2,1-2H3,(H-,30,33)/p+1/t25?,28-,31+/m0/s1. The topological polar surface area (TPSA) is 83.9 Å². The molecule has 1 heterocycles. The van der Waals surface area contributed by atoms with Crippen molar-refractivity contribution >= 4 is 11.8 Å². The van der Waals surface area contributed by atoms with E-state index in [-0.39, 0.29) is 22.2 Å². The number of nitriles is 1. The SMILES string of the molecule is CC(C)[C@@](C#N)(CCCCC(=O)[N@@+]1(Cc2ccccc2)CCCC1C(N)=O)c1ccccc1. The van der Waals surface area contributed by atoms with E-state index in [0.717, 1.165) is 24.0 Å². The van der Waals surface area contributed by atoms with E-state index in [0.29, 0.717) is 38.8 Å². The average Bonchev–Trinajstić information content (AvgIpc) is 3.25. The van der Waals surface area contributed by atoms with E-state index in [9.17, 15) is 14.9 Å². The van der Waals surface area contributed by atoms with Crippen molar-refractivity contribution in [1.29, 1.82) is 5.26 Å². The summed E-state index contributed by atoms with van der Waals surface area (Å²) in [5, 5.41) is 10.1. The van der Waals surface area contributed by atoms with Crippen molar-refractivity contribution in [3.05, 3.63) is 71.8 Å². The van der Waals surface area contributed by atoms with E-state index in [1.165, 1.54) is 0 Å². The Hall–Kier alpha value is -2.97. The molecule has 0 aromatic heterocycles.